The fourth-order valence-electron chi connectivity index (χ4n) is 1.59. The fraction of sp³-hybridized carbons (Fsp3) is 0.167. The lowest BCUT2D eigenvalue weighted by Gasteiger charge is -2.12. The molecule has 0 unspecified atom stereocenters. The van der Waals surface area contributed by atoms with Gasteiger partial charge in [0.2, 0.25) is 10.0 Å². The molecule has 0 aliphatic heterocycles. The predicted molar refractivity (Wildman–Crippen MR) is 73.0 cm³/mol. The summed E-state index contributed by atoms with van der Waals surface area (Å²) < 4.78 is 25.0. The number of sulfonamides is 1. The third-order valence-corrected chi connectivity index (χ3v) is 2.96. The standard InChI is InChI=1S/C12H15N3O2S/c1-18(16,17)15-12-5-3-2-4-11(12)14-9-10-6-7-13-8-10/h2-8,13-15H,9H2,1H3. The third-order valence-electron chi connectivity index (χ3n) is 2.37. The van der Waals surface area contributed by atoms with E-state index in [-0.39, 0.29) is 0 Å². The molecule has 0 saturated carbocycles. The lowest BCUT2D eigenvalue weighted by molar-refractivity contribution is 0.607. The van der Waals surface area contributed by atoms with Crippen LogP contribution in [0.1, 0.15) is 5.56 Å². The van der Waals surface area contributed by atoms with Crippen LogP contribution < -0.4 is 10.0 Å². The first-order valence-electron chi connectivity index (χ1n) is 5.47. The first-order valence-corrected chi connectivity index (χ1v) is 7.36. The van der Waals surface area contributed by atoms with Crippen LogP contribution in [0.25, 0.3) is 0 Å². The molecule has 0 atom stereocenters. The van der Waals surface area contributed by atoms with Crippen LogP contribution >= 0.6 is 0 Å². The smallest absolute Gasteiger partial charge is 0.229 e. The van der Waals surface area contributed by atoms with Crippen molar-refractivity contribution in [2.24, 2.45) is 0 Å². The Bertz CT molecular complexity index is 606. The lowest BCUT2D eigenvalue weighted by Crippen LogP contribution is -2.11. The van der Waals surface area contributed by atoms with Crippen LogP contribution in [0.3, 0.4) is 0 Å². The zero-order chi connectivity index (χ0) is 13.0. The Labute approximate surface area is 106 Å². The molecule has 18 heavy (non-hydrogen) atoms. The van der Waals surface area contributed by atoms with Gasteiger partial charge in [-0.25, -0.2) is 8.42 Å². The molecule has 0 aliphatic carbocycles. The first kappa shape index (κ1) is 12.5. The van der Waals surface area contributed by atoms with Gasteiger partial charge in [-0.3, -0.25) is 4.72 Å². The largest absolute Gasteiger partial charge is 0.379 e. The van der Waals surface area contributed by atoms with Gasteiger partial charge in [-0.2, -0.15) is 0 Å². The molecule has 0 bridgehead atoms. The van der Waals surface area contributed by atoms with Crippen molar-refractivity contribution in [3.05, 3.63) is 48.3 Å². The van der Waals surface area contributed by atoms with E-state index in [4.69, 9.17) is 0 Å². The summed E-state index contributed by atoms with van der Waals surface area (Å²) >= 11 is 0. The van der Waals surface area contributed by atoms with Crippen LogP contribution in [0, 0.1) is 0 Å². The van der Waals surface area contributed by atoms with Crippen LogP contribution in [0.15, 0.2) is 42.7 Å². The van der Waals surface area contributed by atoms with E-state index < -0.39 is 10.0 Å². The molecule has 2 rings (SSSR count). The highest BCUT2D eigenvalue weighted by atomic mass is 32.2. The minimum atomic E-state index is -3.27. The number of H-pyrrole nitrogens is 1. The highest BCUT2D eigenvalue weighted by molar-refractivity contribution is 7.92. The summed E-state index contributed by atoms with van der Waals surface area (Å²) in [7, 11) is -3.27. The topological polar surface area (TPSA) is 74.0 Å². The second-order valence-corrected chi connectivity index (χ2v) is 5.74. The normalized spacial score (nSPS) is 11.2. The van der Waals surface area contributed by atoms with E-state index in [9.17, 15) is 8.42 Å². The van der Waals surface area contributed by atoms with Gasteiger partial charge in [-0.15, -0.1) is 0 Å². The lowest BCUT2D eigenvalue weighted by atomic mass is 10.2. The summed E-state index contributed by atoms with van der Waals surface area (Å²) in [5.41, 5.74) is 2.41. The molecule has 1 heterocycles. The Kier molecular flexibility index (Phi) is 3.57. The van der Waals surface area contributed by atoms with Crippen molar-refractivity contribution in [3.8, 4) is 0 Å². The summed E-state index contributed by atoms with van der Waals surface area (Å²) in [4.78, 5) is 2.97. The average molecular weight is 265 g/mol. The summed E-state index contributed by atoms with van der Waals surface area (Å²) in [5.74, 6) is 0. The number of aromatic amines is 1. The van der Waals surface area contributed by atoms with E-state index in [0.29, 0.717) is 12.2 Å². The molecule has 0 aliphatic rings. The van der Waals surface area contributed by atoms with Crippen molar-refractivity contribution in [1.29, 1.82) is 0 Å². The molecule has 0 amide bonds. The van der Waals surface area contributed by atoms with Gasteiger partial charge < -0.3 is 10.3 Å². The highest BCUT2D eigenvalue weighted by Crippen LogP contribution is 2.22. The van der Waals surface area contributed by atoms with Gasteiger partial charge in [0.15, 0.2) is 0 Å². The van der Waals surface area contributed by atoms with Gasteiger partial charge in [-0.05, 0) is 23.8 Å². The predicted octanol–water partition coefficient (Wildman–Crippen LogP) is 2.00. The maximum atomic E-state index is 11.2. The molecule has 5 nitrogen and oxygen atoms in total. The van der Waals surface area contributed by atoms with Gasteiger partial charge >= 0.3 is 0 Å². The molecule has 1 aromatic carbocycles. The van der Waals surface area contributed by atoms with Crippen molar-refractivity contribution < 1.29 is 8.42 Å². The maximum absolute atomic E-state index is 11.2. The molecule has 3 N–H and O–H groups in total. The van der Waals surface area contributed by atoms with Crippen LogP contribution in [0.2, 0.25) is 0 Å². The molecular formula is C12H15N3O2S. The minimum absolute atomic E-state index is 0.551. The van der Waals surface area contributed by atoms with Gasteiger partial charge in [0.25, 0.3) is 0 Å². The number of hydrogen-bond acceptors (Lipinski definition) is 3. The van der Waals surface area contributed by atoms with Crippen molar-refractivity contribution in [1.82, 2.24) is 4.98 Å². The molecule has 6 heteroatoms. The van der Waals surface area contributed by atoms with E-state index in [2.05, 4.69) is 15.0 Å². The number of benzene rings is 1. The van der Waals surface area contributed by atoms with E-state index >= 15 is 0 Å². The maximum Gasteiger partial charge on any atom is 0.229 e. The molecular weight excluding hydrogens is 250 g/mol. The van der Waals surface area contributed by atoms with Gasteiger partial charge in [0.05, 0.1) is 17.6 Å². The number of rotatable bonds is 5. The third kappa shape index (κ3) is 3.53. The van der Waals surface area contributed by atoms with Gasteiger partial charge in [0, 0.05) is 18.9 Å². The molecule has 96 valence electrons. The van der Waals surface area contributed by atoms with Gasteiger partial charge in [0.1, 0.15) is 0 Å². The van der Waals surface area contributed by atoms with E-state index in [1.54, 1.807) is 12.1 Å². The highest BCUT2D eigenvalue weighted by Gasteiger charge is 2.06. The van der Waals surface area contributed by atoms with Gasteiger partial charge in [-0.1, -0.05) is 12.1 Å². The number of aromatic nitrogens is 1. The van der Waals surface area contributed by atoms with E-state index in [0.717, 1.165) is 17.5 Å². The summed E-state index contributed by atoms with van der Waals surface area (Å²) in [6.07, 6.45) is 4.87. The zero-order valence-corrected chi connectivity index (χ0v) is 10.8. The molecule has 0 saturated heterocycles. The summed E-state index contributed by atoms with van der Waals surface area (Å²) in [5, 5.41) is 3.19. The van der Waals surface area contributed by atoms with Crippen molar-refractivity contribution in [2.45, 2.75) is 6.54 Å². The number of nitrogens with one attached hydrogen (secondary N) is 3. The molecule has 0 spiro atoms. The molecule has 0 fully saturated rings. The first-order chi connectivity index (χ1) is 8.54. The second kappa shape index (κ2) is 5.14. The van der Waals surface area contributed by atoms with Crippen molar-refractivity contribution >= 4 is 21.4 Å². The molecule has 2 aromatic rings. The summed E-state index contributed by atoms with van der Waals surface area (Å²) in [6, 6.07) is 9.15. The Hall–Kier alpha value is -1.95. The number of hydrogen-bond donors (Lipinski definition) is 3. The van der Waals surface area contributed by atoms with Crippen LogP contribution in [-0.2, 0) is 16.6 Å². The Morgan fingerprint density at radius 1 is 1.17 bits per heavy atom. The number of anilines is 2. The Morgan fingerprint density at radius 2 is 1.89 bits per heavy atom. The van der Waals surface area contributed by atoms with Crippen LogP contribution in [-0.4, -0.2) is 19.7 Å². The fourth-order valence-corrected chi connectivity index (χ4v) is 2.17. The average Bonchev–Trinajstić information content (AvgIpc) is 2.79. The van der Waals surface area contributed by atoms with Crippen LogP contribution in [0.5, 0.6) is 0 Å². The Balaban J connectivity index is 2.12. The summed E-state index contributed by atoms with van der Waals surface area (Å²) in [6.45, 7) is 0.631. The number of para-hydroxylation sites is 2. The molecule has 1 aromatic heterocycles. The Morgan fingerprint density at radius 3 is 2.50 bits per heavy atom. The minimum Gasteiger partial charge on any atom is -0.379 e. The van der Waals surface area contributed by atoms with Crippen molar-refractivity contribution in [3.63, 3.8) is 0 Å². The monoisotopic (exact) mass is 265 g/mol. The van der Waals surface area contributed by atoms with Crippen LogP contribution in [0.4, 0.5) is 11.4 Å². The SMILES string of the molecule is CS(=O)(=O)Nc1ccccc1NCc1cc[nH]c1. The quantitative estimate of drug-likeness (QED) is 0.774. The zero-order valence-electron chi connectivity index (χ0n) is 9.97. The van der Waals surface area contributed by atoms with E-state index in [1.807, 2.05) is 30.6 Å². The molecule has 0 radical (unpaired) electrons. The second-order valence-electron chi connectivity index (χ2n) is 3.99. The van der Waals surface area contributed by atoms with E-state index in [1.165, 1.54) is 0 Å². The van der Waals surface area contributed by atoms with Crippen molar-refractivity contribution in [2.75, 3.05) is 16.3 Å².